The molecule has 2 N–H and O–H groups in total. The highest BCUT2D eigenvalue weighted by molar-refractivity contribution is 5.98. The first kappa shape index (κ1) is 19.4. The molecule has 2 fully saturated rings. The van der Waals surface area contributed by atoms with Crippen molar-refractivity contribution in [1.29, 1.82) is 0 Å². The number of anilines is 1. The van der Waals surface area contributed by atoms with E-state index in [2.05, 4.69) is 22.0 Å². The fourth-order valence-corrected chi connectivity index (χ4v) is 4.56. The zero-order chi connectivity index (χ0) is 20.6. The molecule has 0 radical (unpaired) electrons. The average Bonchev–Trinajstić information content (AvgIpc) is 3.28. The minimum Gasteiger partial charge on any atom is -0.365 e. The summed E-state index contributed by atoms with van der Waals surface area (Å²) in [6, 6.07) is 12.1. The number of primary amides is 1. The van der Waals surface area contributed by atoms with Crippen LogP contribution in [-0.2, 0) is 11.2 Å². The molecule has 0 bridgehead atoms. The molecule has 0 aliphatic carbocycles. The van der Waals surface area contributed by atoms with Gasteiger partial charge in [0.05, 0.1) is 11.0 Å². The first-order valence-electron chi connectivity index (χ1n) is 10.3. The zero-order valence-corrected chi connectivity index (χ0v) is 17.1. The Balaban J connectivity index is 1.49. The van der Waals surface area contributed by atoms with Crippen LogP contribution in [0.4, 0.5) is 5.82 Å². The van der Waals surface area contributed by atoms with E-state index < -0.39 is 5.91 Å². The monoisotopic (exact) mass is 392 g/mol. The molecule has 1 atom stereocenters. The summed E-state index contributed by atoms with van der Waals surface area (Å²) in [7, 11) is 0. The standard InChI is InChI=1S/C23H28N4O2/c1-16-14-19(20(24)28)21(25-17(16)2)27-13-10-23(15-27)9-12-26(22(23)29)11-8-18-6-4-3-5-7-18/h3-7,14H,8-13,15H2,1-2H3,(H2,24,28). The number of hydrogen-bond donors (Lipinski definition) is 1. The Bertz CT molecular complexity index is 943. The van der Waals surface area contributed by atoms with Gasteiger partial charge in [-0.25, -0.2) is 4.98 Å². The summed E-state index contributed by atoms with van der Waals surface area (Å²) >= 11 is 0. The van der Waals surface area contributed by atoms with Gasteiger partial charge in [-0.2, -0.15) is 0 Å². The molecule has 4 rings (SSSR count). The lowest BCUT2D eigenvalue weighted by molar-refractivity contribution is -0.135. The number of aryl methyl sites for hydroxylation is 2. The number of carbonyl (C=O) groups excluding carboxylic acids is 2. The predicted octanol–water partition coefficient (Wildman–Crippen LogP) is 2.47. The lowest BCUT2D eigenvalue weighted by Gasteiger charge is -2.25. The third-order valence-corrected chi connectivity index (χ3v) is 6.48. The SMILES string of the molecule is Cc1cc(C(N)=O)c(N2CCC3(CCN(CCc4ccccc4)C3=O)C2)nc1C. The fraction of sp³-hybridized carbons (Fsp3) is 0.435. The van der Waals surface area contributed by atoms with Gasteiger partial charge in [-0.15, -0.1) is 0 Å². The maximum atomic E-state index is 13.3. The smallest absolute Gasteiger partial charge is 0.252 e. The summed E-state index contributed by atoms with van der Waals surface area (Å²) in [6.45, 7) is 6.72. The highest BCUT2D eigenvalue weighted by Crippen LogP contribution is 2.42. The van der Waals surface area contributed by atoms with Crippen molar-refractivity contribution in [1.82, 2.24) is 9.88 Å². The van der Waals surface area contributed by atoms with Gasteiger partial charge in [0.25, 0.3) is 5.91 Å². The van der Waals surface area contributed by atoms with Crippen molar-refractivity contribution in [3.8, 4) is 0 Å². The summed E-state index contributed by atoms with van der Waals surface area (Å²) in [4.78, 5) is 34.0. The van der Waals surface area contributed by atoms with E-state index in [0.717, 1.165) is 43.6 Å². The number of hydrogen-bond acceptors (Lipinski definition) is 4. The van der Waals surface area contributed by atoms with Crippen LogP contribution in [0.15, 0.2) is 36.4 Å². The Hall–Kier alpha value is -2.89. The van der Waals surface area contributed by atoms with Gasteiger partial charge in [-0.1, -0.05) is 30.3 Å². The van der Waals surface area contributed by atoms with Crippen molar-refractivity contribution in [2.24, 2.45) is 11.1 Å². The number of pyridine rings is 1. The van der Waals surface area contributed by atoms with Gasteiger partial charge in [0.2, 0.25) is 5.91 Å². The number of likely N-dealkylation sites (tertiary alicyclic amines) is 1. The maximum Gasteiger partial charge on any atom is 0.252 e. The van der Waals surface area contributed by atoms with Crippen molar-refractivity contribution < 1.29 is 9.59 Å². The van der Waals surface area contributed by atoms with Crippen LogP contribution < -0.4 is 10.6 Å². The van der Waals surface area contributed by atoms with Crippen LogP contribution in [0.3, 0.4) is 0 Å². The van der Waals surface area contributed by atoms with E-state index >= 15 is 0 Å². The summed E-state index contributed by atoms with van der Waals surface area (Å²) in [5.41, 5.74) is 8.76. The lowest BCUT2D eigenvalue weighted by Crippen LogP contribution is -2.38. The van der Waals surface area contributed by atoms with Gasteiger partial charge in [0.15, 0.2) is 0 Å². The lowest BCUT2D eigenvalue weighted by atomic mass is 9.85. The highest BCUT2D eigenvalue weighted by atomic mass is 16.2. The molecule has 0 saturated carbocycles. The van der Waals surface area contributed by atoms with Gasteiger partial charge < -0.3 is 15.5 Å². The van der Waals surface area contributed by atoms with E-state index in [1.807, 2.05) is 43.0 Å². The molecule has 2 aliphatic rings. The van der Waals surface area contributed by atoms with Crippen LogP contribution in [0.1, 0.15) is 40.0 Å². The molecule has 2 aromatic rings. The molecule has 1 unspecified atom stereocenters. The quantitative estimate of drug-likeness (QED) is 0.848. The number of benzene rings is 1. The predicted molar refractivity (Wildman–Crippen MR) is 113 cm³/mol. The molecule has 2 amide bonds. The number of carbonyl (C=O) groups is 2. The zero-order valence-electron chi connectivity index (χ0n) is 17.1. The van der Waals surface area contributed by atoms with E-state index in [4.69, 9.17) is 5.73 Å². The van der Waals surface area contributed by atoms with Crippen molar-refractivity contribution in [2.75, 3.05) is 31.1 Å². The number of amides is 2. The summed E-state index contributed by atoms with van der Waals surface area (Å²) in [5, 5.41) is 0. The molecule has 3 heterocycles. The van der Waals surface area contributed by atoms with Gasteiger partial charge in [-0.3, -0.25) is 9.59 Å². The second kappa shape index (κ2) is 7.50. The van der Waals surface area contributed by atoms with E-state index in [1.165, 1.54) is 5.56 Å². The van der Waals surface area contributed by atoms with Gasteiger partial charge in [-0.05, 0) is 50.3 Å². The first-order valence-corrected chi connectivity index (χ1v) is 10.3. The topological polar surface area (TPSA) is 79.5 Å². The summed E-state index contributed by atoms with van der Waals surface area (Å²) in [5.74, 6) is 0.382. The van der Waals surface area contributed by atoms with Crippen LogP contribution in [0.5, 0.6) is 0 Å². The first-order chi connectivity index (χ1) is 13.9. The van der Waals surface area contributed by atoms with Crippen LogP contribution in [-0.4, -0.2) is 47.9 Å². The third kappa shape index (κ3) is 3.59. The van der Waals surface area contributed by atoms with Crippen LogP contribution >= 0.6 is 0 Å². The molecular formula is C23H28N4O2. The van der Waals surface area contributed by atoms with Crippen LogP contribution in [0.25, 0.3) is 0 Å². The Labute approximate surface area is 171 Å². The molecule has 1 aromatic carbocycles. The molecule has 1 aromatic heterocycles. The summed E-state index contributed by atoms with van der Waals surface area (Å²) < 4.78 is 0. The second-order valence-corrected chi connectivity index (χ2v) is 8.36. The largest absolute Gasteiger partial charge is 0.365 e. The molecular weight excluding hydrogens is 364 g/mol. The van der Waals surface area contributed by atoms with E-state index in [1.54, 1.807) is 0 Å². The van der Waals surface area contributed by atoms with E-state index in [0.29, 0.717) is 24.5 Å². The van der Waals surface area contributed by atoms with Crippen LogP contribution in [0, 0.1) is 19.3 Å². The van der Waals surface area contributed by atoms with Gasteiger partial charge in [0, 0.05) is 31.9 Å². The van der Waals surface area contributed by atoms with Crippen molar-refractivity contribution in [3.63, 3.8) is 0 Å². The number of nitrogens with two attached hydrogens (primary N) is 1. The number of aromatic nitrogens is 1. The normalized spacial score (nSPS) is 21.4. The third-order valence-electron chi connectivity index (χ3n) is 6.48. The minimum atomic E-state index is -0.473. The van der Waals surface area contributed by atoms with E-state index in [-0.39, 0.29) is 11.3 Å². The fourth-order valence-electron chi connectivity index (χ4n) is 4.56. The Morgan fingerprint density at radius 1 is 1.17 bits per heavy atom. The van der Waals surface area contributed by atoms with Crippen LogP contribution in [0.2, 0.25) is 0 Å². The van der Waals surface area contributed by atoms with Crippen molar-refractivity contribution >= 4 is 17.6 Å². The highest BCUT2D eigenvalue weighted by Gasteiger charge is 2.51. The second-order valence-electron chi connectivity index (χ2n) is 8.36. The molecule has 2 saturated heterocycles. The average molecular weight is 393 g/mol. The Kier molecular flexibility index (Phi) is 5.03. The molecule has 1 spiro atoms. The summed E-state index contributed by atoms with van der Waals surface area (Å²) in [6.07, 6.45) is 2.52. The Morgan fingerprint density at radius 2 is 1.90 bits per heavy atom. The maximum absolute atomic E-state index is 13.3. The minimum absolute atomic E-state index is 0.236. The van der Waals surface area contributed by atoms with E-state index in [9.17, 15) is 9.59 Å². The molecule has 29 heavy (non-hydrogen) atoms. The van der Waals surface area contributed by atoms with Crippen molar-refractivity contribution in [3.05, 3.63) is 58.8 Å². The molecule has 6 nitrogen and oxygen atoms in total. The molecule has 152 valence electrons. The number of nitrogens with zero attached hydrogens (tertiary/aromatic N) is 3. The number of rotatable bonds is 5. The van der Waals surface area contributed by atoms with Gasteiger partial charge in [0.1, 0.15) is 5.82 Å². The Morgan fingerprint density at radius 3 is 2.62 bits per heavy atom. The molecule has 6 heteroatoms. The molecule has 2 aliphatic heterocycles. The van der Waals surface area contributed by atoms with Gasteiger partial charge >= 0.3 is 0 Å². The van der Waals surface area contributed by atoms with Crippen molar-refractivity contribution in [2.45, 2.75) is 33.1 Å².